The van der Waals surface area contributed by atoms with Gasteiger partial charge in [-0.05, 0) is 5.56 Å². The lowest BCUT2D eigenvalue weighted by molar-refractivity contribution is -0.132. The molecule has 0 fully saturated rings. The largest absolute Gasteiger partial charge is 0.464 e. The van der Waals surface area contributed by atoms with Gasteiger partial charge in [0.15, 0.2) is 5.71 Å². The predicted octanol–water partition coefficient (Wildman–Crippen LogP) is 2.40. The van der Waals surface area contributed by atoms with E-state index in [1.54, 1.807) is 12.1 Å². The number of nitrogens with zero attached hydrogens (tertiary/aromatic N) is 1. The van der Waals surface area contributed by atoms with Crippen LogP contribution >= 0.6 is 15.9 Å². The van der Waals surface area contributed by atoms with Crippen molar-refractivity contribution < 1.29 is 18.8 Å². The van der Waals surface area contributed by atoms with Crippen molar-refractivity contribution in [2.75, 3.05) is 14.0 Å². The third-order valence-corrected chi connectivity index (χ3v) is 2.60. The molecule has 0 heterocycles. The molecule has 0 aliphatic heterocycles. The van der Waals surface area contributed by atoms with Crippen LogP contribution in [0.15, 0.2) is 29.4 Å². The van der Waals surface area contributed by atoms with Crippen molar-refractivity contribution >= 4 is 27.6 Å². The van der Waals surface area contributed by atoms with E-state index in [0.29, 0.717) is 10.9 Å². The molecule has 92 valence electrons. The van der Waals surface area contributed by atoms with Crippen LogP contribution in [0, 0.1) is 0 Å². The summed E-state index contributed by atoms with van der Waals surface area (Å²) in [5.74, 6) is -0.674. The van der Waals surface area contributed by atoms with Crippen LogP contribution in [0.2, 0.25) is 0 Å². The molecule has 0 saturated heterocycles. The normalized spacial score (nSPS) is 11.1. The quantitative estimate of drug-likeness (QED) is 0.363. The lowest BCUT2D eigenvalue weighted by Crippen LogP contribution is -2.19. The highest BCUT2D eigenvalue weighted by Crippen LogP contribution is 2.14. The number of benzene rings is 1. The summed E-state index contributed by atoms with van der Waals surface area (Å²) in [7, 11) is 1.23. The van der Waals surface area contributed by atoms with E-state index in [-0.39, 0.29) is 5.71 Å². The maximum atomic E-state index is 11.9. The number of rotatable bonds is 5. The number of methoxy groups -OCH3 is 1. The topological polar surface area (TPSA) is 47.9 Å². The molecule has 1 rings (SSSR count). The third kappa shape index (κ3) is 3.52. The number of hydrogen-bond donors (Lipinski definition) is 0. The summed E-state index contributed by atoms with van der Waals surface area (Å²) in [5, 5.41) is 3.97. The standard InChI is InChI=1S/C11H11BrFNO3/c1-16-11(15)10(14-17-7-13)9-5-3-2-4-8(9)6-12/h2-5H,6-7H2,1H3/b14-10+. The van der Waals surface area contributed by atoms with Crippen LogP contribution in [0.3, 0.4) is 0 Å². The molecule has 6 heteroatoms. The van der Waals surface area contributed by atoms with Gasteiger partial charge >= 0.3 is 5.97 Å². The van der Waals surface area contributed by atoms with Crippen LogP contribution in [-0.4, -0.2) is 25.7 Å². The second-order valence-corrected chi connectivity index (χ2v) is 3.52. The van der Waals surface area contributed by atoms with Crippen LogP contribution < -0.4 is 0 Å². The number of carbonyl (C=O) groups is 1. The highest BCUT2D eigenvalue weighted by atomic mass is 79.9. The van der Waals surface area contributed by atoms with Crippen molar-refractivity contribution in [2.45, 2.75) is 5.33 Å². The van der Waals surface area contributed by atoms with Crippen molar-refractivity contribution in [1.29, 1.82) is 0 Å². The van der Waals surface area contributed by atoms with E-state index in [9.17, 15) is 9.18 Å². The smallest absolute Gasteiger partial charge is 0.360 e. The van der Waals surface area contributed by atoms with E-state index >= 15 is 0 Å². The van der Waals surface area contributed by atoms with Gasteiger partial charge < -0.3 is 9.57 Å². The molecular formula is C11H11BrFNO3. The fourth-order valence-electron chi connectivity index (χ4n) is 1.25. The van der Waals surface area contributed by atoms with Crippen molar-refractivity contribution in [3.8, 4) is 0 Å². The molecule has 1 aromatic carbocycles. The Morgan fingerprint density at radius 1 is 1.47 bits per heavy atom. The van der Waals surface area contributed by atoms with E-state index < -0.39 is 12.8 Å². The Morgan fingerprint density at radius 2 is 2.18 bits per heavy atom. The molecule has 0 saturated carbocycles. The van der Waals surface area contributed by atoms with E-state index in [0.717, 1.165) is 5.56 Å². The Labute approximate surface area is 107 Å². The third-order valence-electron chi connectivity index (χ3n) is 2.00. The van der Waals surface area contributed by atoms with E-state index in [1.807, 2.05) is 12.1 Å². The van der Waals surface area contributed by atoms with Gasteiger partial charge in [0, 0.05) is 10.9 Å². The molecule has 0 radical (unpaired) electrons. The Kier molecular flexibility index (Phi) is 5.62. The summed E-state index contributed by atoms with van der Waals surface area (Å²) in [6.45, 7) is -1.10. The number of carbonyl (C=O) groups excluding carboxylic acids is 1. The highest BCUT2D eigenvalue weighted by Gasteiger charge is 2.18. The Morgan fingerprint density at radius 3 is 2.76 bits per heavy atom. The summed E-state index contributed by atoms with van der Waals surface area (Å²) < 4.78 is 16.5. The lowest BCUT2D eigenvalue weighted by Gasteiger charge is -2.07. The number of oxime groups is 1. The van der Waals surface area contributed by atoms with Gasteiger partial charge in [-0.3, -0.25) is 0 Å². The average molecular weight is 304 g/mol. The second kappa shape index (κ2) is 7.01. The first-order chi connectivity index (χ1) is 8.24. The van der Waals surface area contributed by atoms with Crippen LogP contribution in [0.4, 0.5) is 4.39 Å². The zero-order valence-electron chi connectivity index (χ0n) is 9.15. The van der Waals surface area contributed by atoms with Crippen LogP contribution in [0.1, 0.15) is 11.1 Å². The number of hydrogen-bond acceptors (Lipinski definition) is 4. The van der Waals surface area contributed by atoms with Crippen molar-refractivity contribution in [3.63, 3.8) is 0 Å². The number of halogens is 2. The van der Waals surface area contributed by atoms with E-state index in [4.69, 9.17) is 0 Å². The molecule has 0 spiro atoms. The minimum atomic E-state index is -1.10. The van der Waals surface area contributed by atoms with Gasteiger partial charge in [0.25, 0.3) is 6.86 Å². The monoisotopic (exact) mass is 303 g/mol. The number of esters is 1. The fourth-order valence-corrected chi connectivity index (χ4v) is 1.74. The second-order valence-electron chi connectivity index (χ2n) is 2.96. The Balaban J connectivity index is 3.17. The summed E-state index contributed by atoms with van der Waals surface area (Å²) in [5.41, 5.74) is 1.32. The molecule has 0 aromatic heterocycles. The lowest BCUT2D eigenvalue weighted by atomic mass is 10.0. The molecule has 0 aliphatic rings. The van der Waals surface area contributed by atoms with Crippen molar-refractivity contribution in [3.05, 3.63) is 35.4 Å². The van der Waals surface area contributed by atoms with Crippen molar-refractivity contribution in [1.82, 2.24) is 0 Å². The summed E-state index contributed by atoms with van der Waals surface area (Å²) in [4.78, 5) is 15.8. The highest BCUT2D eigenvalue weighted by molar-refractivity contribution is 9.08. The minimum Gasteiger partial charge on any atom is -0.464 e. The summed E-state index contributed by atoms with van der Waals surface area (Å²) in [6, 6.07) is 7.08. The molecule has 1 aromatic rings. The average Bonchev–Trinajstić information content (AvgIpc) is 2.39. The van der Waals surface area contributed by atoms with Gasteiger partial charge in [0.2, 0.25) is 0 Å². The van der Waals surface area contributed by atoms with Crippen LogP contribution in [0.25, 0.3) is 0 Å². The van der Waals surface area contributed by atoms with Crippen LogP contribution in [-0.2, 0) is 19.7 Å². The molecule has 0 bridgehead atoms. The maximum absolute atomic E-state index is 11.9. The number of ether oxygens (including phenoxy) is 1. The first-order valence-electron chi connectivity index (χ1n) is 4.73. The summed E-state index contributed by atoms with van der Waals surface area (Å²) >= 11 is 3.29. The Bertz CT molecular complexity index is 423. The maximum Gasteiger partial charge on any atom is 0.360 e. The van der Waals surface area contributed by atoms with Crippen LogP contribution in [0.5, 0.6) is 0 Å². The summed E-state index contributed by atoms with van der Waals surface area (Å²) in [6.07, 6.45) is 0. The number of alkyl halides is 2. The first kappa shape index (κ1) is 13.6. The molecule has 0 aliphatic carbocycles. The SMILES string of the molecule is COC(=O)/C(=N/OCF)c1ccccc1CBr. The van der Waals surface area contributed by atoms with Gasteiger partial charge in [-0.15, -0.1) is 0 Å². The predicted molar refractivity (Wildman–Crippen MR) is 64.7 cm³/mol. The zero-order chi connectivity index (χ0) is 12.7. The van der Waals surface area contributed by atoms with Crippen molar-refractivity contribution in [2.24, 2.45) is 5.16 Å². The van der Waals surface area contributed by atoms with Gasteiger partial charge in [-0.1, -0.05) is 45.4 Å². The van der Waals surface area contributed by atoms with Gasteiger partial charge in [0.05, 0.1) is 7.11 Å². The minimum absolute atomic E-state index is 0.0554. The first-order valence-corrected chi connectivity index (χ1v) is 5.85. The van der Waals surface area contributed by atoms with E-state index in [2.05, 4.69) is 30.7 Å². The Hall–Kier alpha value is -1.43. The molecule has 0 atom stereocenters. The molecular weight excluding hydrogens is 293 g/mol. The molecule has 0 amide bonds. The fraction of sp³-hybridized carbons (Fsp3) is 0.273. The van der Waals surface area contributed by atoms with Gasteiger partial charge in [0.1, 0.15) is 0 Å². The van der Waals surface area contributed by atoms with E-state index in [1.165, 1.54) is 7.11 Å². The molecule has 17 heavy (non-hydrogen) atoms. The molecule has 0 unspecified atom stereocenters. The van der Waals surface area contributed by atoms with Gasteiger partial charge in [-0.2, -0.15) is 0 Å². The zero-order valence-corrected chi connectivity index (χ0v) is 10.7. The molecule has 4 nitrogen and oxygen atoms in total. The molecule has 0 N–H and O–H groups in total. The van der Waals surface area contributed by atoms with Gasteiger partial charge in [-0.25, -0.2) is 9.18 Å².